The molecule has 0 saturated heterocycles. The molecule has 0 atom stereocenters. The lowest BCUT2D eigenvalue weighted by Gasteiger charge is -2.10. The first-order valence-corrected chi connectivity index (χ1v) is 12.0. The zero-order valence-electron chi connectivity index (χ0n) is 17.0. The number of anilines is 3. The summed E-state index contributed by atoms with van der Waals surface area (Å²) in [7, 11) is -3.50. The predicted octanol–water partition coefficient (Wildman–Crippen LogP) is 4.90. The number of hydrogen-bond donors (Lipinski definition) is 2. The minimum absolute atomic E-state index is 0.0784. The van der Waals surface area contributed by atoms with Gasteiger partial charge in [0.05, 0.1) is 27.0 Å². The van der Waals surface area contributed by atoms with Gasteiger partial charge < -0.3 is 5.32 Å². The van der Waals surface area contributed by atoms with Gasteiger partial charge in [-0.05, 0) is 49.7 Å². The van der Waals surface area contributed by atoms with Gasteiger partial charge in [-0.3, -0.25) is 4.72 Å². The number of aryl methyl sites for hydroxylation is 2. The van der Waals surface area contributed by atoms with E-state index in [4.69, 9.17) is 0 Å². The molecule has 0 aliphatic carbocycles. The van der Waals surface area contributed by atoms with Crippen LogP contribution in [0.4, 0.5) is 17.3 Å². The second kappa shape index (κ2) is 8.83. The van der Waals surface area contributed by atoms with Gasteiger partial charge in [-0.2, -0.15) is 0 Å². The molecule has 158 valence electrons. The van der Waals surface area contributed by atoms with Gasteiger partial charge in [0.15, 0.2) is 0 Å². The molecule has 0 amide bonds. The van der Waals surface area contributed by atoms with Crippen LogP contribution in [-0.4, -0.2) is 23.4 Å². The highest BCUT2D eigenvalue weighted by molar-refractivity contribution is 7.91. The average Bonchev–Trinajstić information content (AvgIpc) is 3.08. The van der Waals surface area contributed by atoms with Crippen molar-refractivity contribution in [1.29, 1.82) is 0 Å². The zero-order valence-corrected chi connectivity index (χ0v) is 18.7. The van der Waals surface area contributed by atoms with E-state index in [1.165, 1.54) is 0 Å². The molecule has 0 radical (unpaired) electrons. The van der Waals surface area contributed by atoms with Gasteiger partial charge in [0.1, 0.15) is 0 Å². The highest BCUT2D eigenvalue weighted by Crippen LogP contribution is 2.29. The summed E-state index contributed by atoms with van der Waals surface area (Å²) >= 11 is 1.60. The van der Waals surface area contributed by atoms with Crippen molar-refractivity contribution in [3.63, 3.8) is 0 Å². The van der Waals surface area contributed by atoms with Crippen LogP contribution in [-0.2, 0) is 15.8 Å². The van der Waals surface area contributed by atoms with E-state index in [0.29, 0.717) is 11.6 Å². The number of benzene rings is 2. The molecule has 31 heavy (non-hydrogen) atoms. The Kier molecular flexibility index (Phi) is 5.97. The van der Waals surface area contributed by atoms with Crippen molar-refractivity contribution in [2.45, 2.75) is 19.6 Å². The van der Waals surface area contributed by atoms with Gasteiger partial charge >= 0.3 is 0 Å². The topological polar surface area (TPSA) is 96.9 Å². The fourth-order valence-corrected chi connectivity index (χ4v) is 5.16. The van der Waals surface area contributed by atoms with E-state index in [1.807, 2.05) is 38.1 Å². The molecule has 9 heteroatoms. The van der Waals surface area contributed by atoms with Crippen LogP contribution < -0.4 is 10.0 Å². The summed E-state index contributed by atoms with van der Waals surface area (Å²) in [6.45, 7) is 3.93. The van der Waals surface area contributed by atoms with Gasteiger partial charge in [-0.1, -0.05) is 30.3 Å². The quantitative estimate of drug-likeness (QED) is 0.415. The molecule has 2 aromatic heterocycles. The van der Waals surface area contributed by atoms with E-state index in [9.17, 15) is 8.42 Å². The Morgan fingerprint density at radius 2 is 1.61 bits per heavy atom. The van der Waals surface area contributed by atoms with Crippen LogP contribution >= 0.6 is 11.3 Å². The first-order chi connectivity index (χ1) is 14.9. The molecule has 0 aliphatic rings. The number of nitrogens with one attached hydrogen (secondary N) is 2. The molecule has 4 aromatic rings. The van der Waals surface area contributed by atoms with Crippen molar-refractivity contribution in [3.8, 4) is 10.6 Å². The van der Waals surface area contributed by atoms with Gasteiger partial charge in [0.25, 0.3) is 0 Å². The predicted molar refractivity (Wildman–Crippen MR) is 125 cm³/mol. The van der Waals surface area contributed by atoms with Crippen molar-refractivity contribution in [2.75, 3.05) is 10.0 Å². The van der Waals surface area contributed by atoms with Crippen LogP contribution in [0.1, 0.15) is 16.3 Å². The Labute approximate surface area is 185 Å². The summed E-state index contributed by atoms with van der Waals surface area (Å²) in [6, 6.07) is 17.9. The van der Waals surface area contributed by atoms with Crippen molar-refractivity contribution in [2.24, 2.45) is 0 Å². The standard InChI is InChI=1S/C22H21N5O2S2/c1-15-21(30-16(2)24-15)20-12-13-23-22(26-20)25-18-8-10-19(11-9-18)27-31(28,29)14-17-6-4-3-5-7-17/h3-13,27H,14H2,1-2H3,(H,23,25,26). The number of sulfonamides is 1. The maximum Gasteiger partial charge on any atom is 0.236 e. The van der Waals surface area contributed by atoms with E-state index < -0.39 is 10.0 Å². The molecule has 0 saturated carbocycles. The lowest BCUT2D eigenvalue weighted by molar-refractivity contribution is 0.600. The van der Waals surface area contributed by atoms with Crippen LogP contribution in [0.3, 0.4) is 0 Å². The minimum atomic E-state index is -3.50. The summed E-state index contributed by atoms with van der Waals surface area (Å²) in [4.78, 5) is 14.3. The van der Waals surface area contributed by atoms with Gasteiger partial charge in [-0.25, -0.2) is 23.4 Å². The Morgan fingerprint density at radius 3 is 2.29 bits per heavy atom. The summed E-state index contributed by atoms with van der Waals surface area (Å²) in [5.41, 5.74) is 3.73. The zero-order chi connectivity index (χ0) is 21.8. The first-order valence-electron chi connectivity index (χ1n) is 9.57. The Balaban J connectivity index is 1.44. The maximum atomic E-state index is 12.4. The maximum absolute atomic E-state index is 12.4. The third kappa shape index (κ3) is 5.44. The number of nitrogens with zero attached hydrogens (tertiary/aromatic N) is 3. The van der Waals surface area contributed by atoms with Crippen LogP contribution in [0.5, 0.6) is 0 Å². The van der Waals surface area contributed by atoms with Gasteiger partial charge in [0, 0.05) is 17.6 Å². The molecular weight excluding hydrogens is 430 g/mol. The largest absolute Gasteiger partial charge is 0.324 e. The minimum Gasteiger partial charge on any atom is -0.324 e. The van der Waals surface area contributed by atoms with E-state index in [-0.39, 0.29) is 5.75 Å². The van der Waals surface area contributed by atoms with Crippen molar-refractivity contribution in [3.05, 3.63) is 83.1 Å². The lowest BCUT2D eigenvalue weighted by Crippen LogP contribution is -2.15. The Morgan fingerprint density at radius 1 is 0.903 bits per heavy atom. The fourth-order valence-electron chi connectivity index (χ4n) is 3.07. The molecule has 2 N–H and O–H groups in total. The third-order valence-corrected chi connectivity index (χ3v) is 6.76. The second-order valence-corrected chi connectivity index (χ2v) is 9.89. The molecule has 4 rings (SSSR count). The number of rotatable bonds is 7. The summed E-state index contributed by atoms with van der Waals surface area (Å²) in [5.74, 6) is 0.380. The molecule has 0 fully saturated rings. The van der Waals surface area contributed by atoms with Crippen molar-refractivity contribution >= 4 is 38.7 Å². The van der Waals surface area contributed by atoms with E-state index in [1.54, 1.807) is 53.9 Å². The third-order valence-electron chi connectivity index (χ3n) is 4.41. The smallest absolute Gasteiger partial charge is 0.236 e. The summed E-state index contributed by atoms with van der Waals surface area (Å²) in [6.07, 6.45) is 1.70. The van der Waals surface area contributed by atoms with Crippen LogP contribution in [0.15, 0.2) is 66.9 Å². The molecule has 2 aromatic carbocycles. The Bertz CT molecular complexity index is 1290. The highest BCUT2D eigenvalue weighted by Gasteiger charge is 2.12. The normalized spacial score (nSPS) is 11.3. The van der Waals surface area contributed by atoms with E-state index >= 15 is 0 Å². The van der Waals surface area contributed by atoms with Crippen molar-refractivity contribution in [1.82, 2.24) is 15.0 Å². The van der Waals surface area contributed by atoms with Crippen LogP contribution in [0, 0.1) is 13.8 Å². The fraction of sp³-hybridized carbons (Fsp3) is 0.136. The Hall–Kier alpha value is -3.30. The van der Waals surface area contributed by atoms with Crippen LogP contribution in [0.2, 0.25) is 0 Å². The van der Waals surface area contributed by atoms with Gasteiger partial charge in [0.2, 0.25) is 16.0 Å². The molecule has 7 nitrogen and oxygen atoms in total. The van der Waals surface area contributed by atoms with E-state index in [0.717, 1.165) is 32.5 Å². The second-order valence-electron chi connectivity index (χ2n) is 6.96. The van der Waals surface area contributed by atoms with Crippen LogP contribution in [0.25, 0.3) is 10.6 Å². The SMILES string of the molecule is Cc1nc(C)c(-c2ccnc(Nc3ccc(NS(=O)(=O)Cc4ccccc4)cc3)n2)s1. The highest BCUT2D eigenvalue weighted by atomic mass is 32.2. The van der Waals surface area contributed by atoms with E-state index in [2.05, 4.69) is 25.0 Å². The van der Waals surface area contributed by atoms with Gasteiger partial charge in [-0.15, -0.1) is 11.3 Å². The molecule has 2 heterocycles. The summed E-state index contributed by atoms with van der Waals surface area (Å²) < 4.78 is 27.4. The number of thiazole rings is 1. The molecule has 0 bridgehead atoms. The first kappa shape index (κ1) is 21.0. The monoisotopic (exact) mass is 451 g/mol. The van der Waals surface area contributed by atoms with Crippen molar-refractivity contribution < 1.29 is 8.42 Å². The molecule has 0 unspecified atom stereocenters. The summed E-state index contributed by atoms with van der Waals surface area (Å²) in [5, 5.41) is 4.15. The molecular formula is C22H21N5O2S2. The molecule has 0 aliphatic heterocycles. The molecule has 0 spiro atoms. The number of hydrogen-bond acceptors (Lipinski definition) is 7. The number of aromatic nitrogens is 3. The lowest BCUT2D eigenvalue weighted by atomic mass is 10.2. The average molecular weight is 452 g/mol.